The molecule has 0 bridgehead atoms. The van der Waals surface area contributed by atoms with E-state index in [4.69, 9.17) is 10.5 Å². The maximum absolute atomic E-state index is 12.7. The Morgan fingerprint density at radius 3 is 2.64 bits per heavy atom. The van der Waals surface area contributed by atoms with Gasteiger partial charge < -0.3 is 15.4 Å². The third-order valence-corrected chi connectivity index (χ3v) is 4.57. The highest BCUT2D eigenvalue weighted by molar-refractivity contribution is 5.81. The zero-order chi connectivity index (χ0) is 21.3. The predicted molar refractivity (Wildman–Crippen MR) is 103 cm³/mol. The van der Waals surface area contributed by atoms with Crippen LogP contribution >= 0.6 is 0 Å². The average Bonchev–Trinajstić information content (AvgIpc) is 2.88. The normalized spacial score (nSPS) is 18.2. The largest absolute Gasteiger partial charge is 0.444 e. The molecule has 9 nitrogen and oxygen atoms in total. The highest BCUT2D eigenvalue weighted by Crippen LogP contribution is 2.39. The fourth-order valence-electron chi connectivity index (χ4n) is 3.08. The zero-order valence-corrected chi connectivity index (χ0v) is 16.6. The van der Waals surface area contributed by atoms with Crippen LogP contribution in [0.4, 0.5) is 10.5 Å². The van der Waals surface area contributed by atoms with Crippen LogP contribution in [-0.4, -0.2) is 34.5 Å². The van der Waals surface area contributed by atoms with Gasteiger partial charge in [0.05, 0.1) is 10.5 Å². The number of aryl methyl sites for hydroxylation is 1. The Kier molecular flexibility index (Phi) is 5.79. The van der Waals surface area contributed by atoms with Crippen LogP contribution in [0, 0.1) is 10.1 Å². The number of hydrogen-bond acceptors (Lipinski definition) is 6. The van der Waals surface area contributed by atoms with E-state index in [1.165, 1.54) is 24.1 Å². The fourth-order valence-corrected chi connectivity index (χ4v) is 3.08. The first kappa shape index (κ1) is 21.4. The molecule has 0 saturated heterocycles. The van der Waals surface area contributed by atoms with Crippen molar-refractivity contribution in [2.45, 2.75) is 51.2 Å². The molecule has 2 amide bonds. The summed E-state index contributed by atoms with van der Waals surface area (Å²) >= 11 is 0. The standard InChI is InChI=1S/C19H26N4O5/c1-12(21-17(25)28-18(2,3)4)22(5)16(24)11-19(20)9-8-13-6-7-14(23(26)27)10-15(13)19/h6-7,10H,1,8-9,11,20H2,2-5H3,(H,21,25)/t19-/m0/s1. The van der Waals surface area contributed by atoms with E-state index < -0.39 is 22.2 Å². The lowest BCUT2D eigenvalue weighted by atomic mass is 9.88. The Hall–Kier alpha value is -2.94. The molecule has 2 rings (SSSR count). The summed E-state index contributed by atoms with van der Waals surface area (Å²) in [7, 11) is 1.47. The molecule has 1 atom stereocenters. The second-order valence-electron chi connectivity index (χ2n) is 7.96. The molecule has 9 heteroatoms. The number of non-ortho nitro benzene ring substituents is 1. The van der Waals surface area contributed by atoms with Crippen molar-refractivity contribution in [1.82, 2.24) is 10.2 Å². The van der Waals surface area contributed by atoms with Crippen molar-refractivity contribution >= 4 is 17.7 Å². The van der Waals surface area contributed by atoms with E-state index in [9.17, 15) is 19.7 Å². The van der Waals surface area contributed by atoms with E-state index in [1.807, 2.05) is 0 Å². The molecule has 0 aliphatic heterocycles. The van der Waals surface area contributed by atoms with Crippen molar-refractivity contribution in [2.75, 3.05) is 7.05 Å². The summed E-state index contributed by atoms with van der Waals surface area (Å²) in [6.07, 6.45) is 0.334. The maximum Gasteiger partial charge on any atom is 0.413 e. The number of fused-ring (bicyclic) bond motifs is 1. The molecular formula is C19H26N4O5. The molecule has 0 unspecified atom stereocenters. The van der Waals surface area contributed by atoms with Crippen LogP contribution in [0.15, 0.2) is 30.6 Å². The zero-order valence-electron chi connectivity index (χ0n) is 16.6. The van der Waals surface area contributed by atoms with Gasteiger partial charge >= 0.3 is 6.09 Å². The van der Waals surface area contributed by atoms with E-state index >= 15 is 0 Å². The highest BCUT2D eigenvalue weighted by atomic mass is 16.6. The van der Waals surface area contributed by atoms with E-state index in [2.05, 4.69) is 11.9 Å². The molecule has 28 heavy (non-hydrogen) atoms. The second-order valence-corrected chi connectivity index (χ2v) is 7.96. The minimum atomic E-state index is -1.01. The first-order valence-electron chi connectivity index (χ1n) is 8.84. The number of nitrogens with zero attached hydrogens (tertiary/aromatic N) is 2. The number of carbonyl (C=O) groups excluding carboxylic acids is 2. The van der Waals surface area contributed by atoms with Crippen LogP contribution in [0.2, 0.25) is 0 Å². The number of nitrogens with one attached hydrogen (secondary N) is 1. The highest BCUT2D eigenvalue weighted by Gasteiger charge is 2.39. The number of nitro benzene ring substituents is 1. The minimum Gasteiger partial charge on any atom is -0.444 e. The smallest absolute Gasteiger partial charge is 0.413 e. The summed E-state index contributed by atoms with van der Waals surface area (Å²) in [6, 6.07) is 4.55. The predicted octanol–water partition coefficient (Wildman–Crippen LogP) is 2.54. The van der Waals surface area contributed by atoms with Crippen molar-refractivity contribution in [3.63, 3.8) is 0 Å². The van der Waals surface area contributed by atoms with Crippen LogP contribution in [0.5, 0.6) is 0 Å². The third kappa shape index (κ3) is 4.86. The van der Waals surface area contributed by atoms with Gasteiger partial charge in [0, 0.05) is 25.6 Å². The number of benzene rings is 1. The van der Waals surface area contributed by atoms with Crippen molar-refractivity contribution in [3.8, 4) is 0 Å². The van der Waals surface area contributed by atoms with Gasteiger partial charge in [0.2, 0.25) is 5.91 Å². The SMILES string of the molecule is C=C(NC(=O)OC(C)(C)C)N(C)C(=O)C[C@@]1(N)CCc2ccc([N+](=O)[O-])cc21. The van der Waals surface area contributed by atoms with Crippen molar-refractivity contribution in [2.24, 2.45) is 5.73 Å². The Labute approximate surface area is 163 Å². The molecule has 0 saturated carbocycles. The summed E-state index contributed by atoms with van der Waals surface area (Å²) < 4.78 is 5.14. The number of amides is 2. The van der Waals surface area contributed by atoms with Gasteiger partial charge in [0.25, 0.3) is 5.69 Å². The number of nitrogens with two attached hydrogens (primary N) is 1. The Morgan fingerprint density at radius 1 is 1.43 bits per heavy atom. The maximum atomic E-state index is 12.7. The Morgan fingerprint density at radius 2 is 2.07 bits per heavy atom. The molecule has 0 radical (unpaired) electrons. The Balaban J connectivity index is 2.09. The number of carbonyl (C=O) groups is 2. The van der Waals surface area contributed by atoms with Gasteiger partial charge in [0.1, 0.15) is 11.4 Å². The molecule has 0 aromatic heterocycles. The number of nitro groups is 1. The fraction of sp³-hybridized carbons (Fsp3) is 0.474. The summed E-state index contributed by atoms with van der Waals surface area (Å²) in [5.41, 5.74) is 6.19. The molecule has 0 spiro atoms. The summed E-state index contributed by atoms with van der Waals surface area (Å²) in [4.78, 5) is 36.3. The van der Waals surface area contributed by atoms with Gasteiger partial charge in [-0.2, -0.15) is 0 Å². The lowest BCUT2D eigenvalue weighted by molar-refractivity contribution is -0.385. The number of rotatable bonds is 5. The topological polar surface area (TPSA) is 128 Å². The van der Waals surface area contributed by atoms with Crippen LogP contribution in [0.25, 0.3) is 0 Å². The van der Waals surface area contributed by atoms with E-state index in [1.54, 1.807) is 26.8 Å². The van der Waals surface area contributed by atoms with Crippen molar-refractivity contribution < 1.29 is 19.2 Å². The first-order valence-corrected chi connectivity index (χ1v) is 8.84. The lowest BCUT2D eigenvalue weighted by Crippen LogP contribution is -2.43. The van der Waals surface area contributed by atoms with E-state index in [0.717, 1.165) is 5.56 Å². The van der Waals surface area contributed by atoms with Crippen molar-refractivity contribution in [1.29, 1.82) is 0 Å². The second kappa shape index (κ2) is 7.59. The summed E-state index contributed by atoms with van der Waals surface area (Å²) in [5.74, 6) is -0.317. The molecule has 0 fully saturated rings. The van der Waals surface area contributed by atoms with Crippen molar-refractivity contribution in [3.05, 3.63) is 51.8 Å². The molecule has 152 valence electrons. The van der Waals surface area contributed by atoms with Gasteiger partial charge in [0.15, 0.2) is 0 Å². The molecule has 1 aromatic rings. The van der Waals surface area contributed by atoms with Crippen LogP contribution < -0.4 is 11.1 Å². The third-order valence-electron chi connectivity index (χ3n) is 4.57. The monoisotopic (exact) mass is 390 g/mol. The quantitative estimate of drug-likeness (QED) is 0.587. The van der Waals surface area contributed by atoms with Crippen LogP contribution in [-0.2, 0) is 21.5 Å². The number of ether oxygens (including phenoxy) is 1. The minimum absolute atomic E-state index is 0.0557. The van der Waals surface area contributed by atoms with Crippen LogP contribution in [0.3, 0.4) is 0 Å². The molecule has 0 heterocycles. The summed E-state index contributed by atoms with van der Waals surface area (Å²) in [5, 5.41) is 13.5. The molecule has 1 aliphatic rings. The molecule has 1 aromatic carbocycles. The van der Waals surface area contributed by atoms with Gasteiger partial charge in [-0.3, -0.25) is 20.2 Å². The molecule has 3 N–H and O–H groups in total. The number of alkyl carbamates (subject to hydrolysis) is 1. The van der Waals surface area contributed by atoms with E-state index in [0.29, 0.717) is 18.4 Å². The lowest BCUT2D eigenvalue weighted by Gasteiger charge is -2.29. The Bertz CT molecular complexity index is 830. The molecular weight excluding hydrogens is 364 g/mol. The van der Waals surface area contributed by atoms with Gasteiger partial charge in [-0.25, -0.2) is 4.79 Å². The van der Waals surface area contributed by atoms with E-state index in [-0.39, 0.29) is 23.8 Å². The van der Waals surface area contributed by atoms with Gasteiger partial charge in [-0.1, -0.05) is 12.6 Å². The average molecular weight is 390 g/mol. The summed E-state index contributed by atoms with van der Waals surface area (Å²) in [6.45, 7) is 8.85. The number of hydrogen-bond donors (Lipinski definition) is 2. The van der Waals surface area contributed by atoms with Crippen LogP contribution in [0.1, 0.15) is 44.7 Å². The van der Waals surface area contributed by atoms with Gasteiger partial charge in [-0.05, 0) is 44.7 Å². The van der Waals surface area contributed by atoms with Gasteiger partial charge in [-0.15, -0.1) is 0 Å². The molecule has 1 aliphatic carbocycles. The first-order chi connectivity index (χ1) is 12.8.